The SMILES string of the molecule is COC(=O)CN1CCN(S(=O)(=O)c2ccnc(Cl)c2)CC1. The molecule has 0 aliphatic carbocycles. The van der Waals surface area contributed by atoms with Gasteiger partial charge < -0.3 is 4.74 Å². The molecule has 1 saturated heterocycles. The highest BCUT2D eigenvalue weighted by molar-refractivity contribution is 7.89. The van der Waals surface area contributed by atoms with Gasteiger partial charge in [-0.05, 0) is 12.1 Å². The first-order valence-corrected chi connectivity index (χ1v) is 8.16. The van der Waals surface area contributed by atoms with Crippen LogP contribution in [0.3, 0.4) is 0 Å². The minimum Gasteiger partial charge on any atom is -0.468 e. The quantitative estimate of drug-likeness (QED) is 0.579. The predicted molar refractivity (Wildman–Crippen MR) is 76.5 cm³/mol. The minimum absolute atomic E-state index is 0.129. The third-order valence-corrected chi connectivity index (χ3v) is 5.35. The number of ether oxygens (including phenoxy) is 1. The van der Waals surface area contributed by atoms with Gasteiger partial charge in [-0.15, -0.1) is 0 Å². The van der Waals surface area contributed by atoms with Gasteiger partial charge in [0.15, 0.2) is 0 Å². The lowest BCUT2D eigenvalue weighted by molar-refractivity contribution is -0.142. The summed E-state index contributed by atoms with van der Waals surface area (Å²) in [7, 11) is -2.25. The zero-order valence-electron chi connectivity index (χ0n) is 11.5. The summed E-state index contributed by atoms with van der Waals surface area (Å²) < 4.78 is 30.9. The summed E-state index contributed by atoms with van der Waals surface area (Å²) in [5.74, 6) is -0.327. The lowest BCUT2D eigenvalue weighted by atomic mass is 10.3. The molecule has 2 heterocycles. The summed E-state index contributed by atoms with van der Waals surface area (Å²) in [6.07, 6.45) is 1.36. The average Bonchev–Trinajstić information content (AvgIpc) is 2.47. The molecule has 0 saturated carbocycles. The number of sulfonamides is 1. The Kier molecular flexibility index (Phi) is 5.15. The second-order valence-electron chi connectivity index (χ2n) is 4.57. The third-order valence-electron chi connectivity index (χ3n) is 3.25. The number of esters is 1. The predicted octanol–water partition coefficient (Wildman–Crippen LogP) is 0.214. The molecule has 116 valence electrons. The number of carbonyl (C=O) groups excluding carboxylic acids is 1. The van der Waals surface area contributed by atoms with Gasteiger partial charge in [-0.25, -0.2) is 13.4 Å². The molecule has 0 radical (unpaired) electrons. The van der Waals surface area contributed by atoms with Gasteiger partial charge in [0.1, 0.15) is 5.15 Å². The van der Waals surface area contributed by atoms with Crippen LogP contribution in [0.5, 0.6) is 0 Å². The molecular formula is C12H16ClN3O4S. The van der Waals surface area contributed by atoms with Gasteiger partial charge in [-0.3, -0.25) is 9.69 Å². The van der Waals surface area contributed by atoms with E-state index >= 15 is 0 Å². The lowest BCUT2D eigenvalue weighted by Gasteiger charge is -2.33. The molecule has 1 aromatic heterocycles. The van der Waals surface area contributed by atoms with Gasteiger partial charge >= 0.3 is 5.97 Å². The van der Waals surface area contributed by atoms with Gasteiger partial charge in [0.25, 0.3) is 0 Å². The Balaban J connectivity index is 2.03. The maximum atomic E-state index is 12.5. The fourth-order valence-corrected chi connectivity index (χ4v) is 3.74. The van der Waals surface area contributed by atoms with Crippen LogP contribution in [0.25, 0.3) is 0 Å². The van der Waals surface area contributed by atoms with Crippen LogP contribution < -0.4 is 0 Å². The summed E-state index contributed by atoms with van der Waals surface area (Å²) in [6.45, 7) is 1.77. The molecule has 7 nitrogen and oxygen atoms in total. The van der Waals surface area contributed by atoms with Crippen LogP contribution in [0, 0.1) is 0 Å². The van der Waals surface area contributed by atoms with Crippen LogP contribution in [0.4, 0.5) is 0 Å². The van der Waals surface area contributed by atoms with E-state index in [0.29, 0.717) is 26.2 Å². The number of methoxy groups -OCH3 is 1. The Morgan fingerprint density at radius 3 is 2.62 bits per heavy atom. The van der Waals surface area contributed by atoms with Crippen molar-refractivity contribution in [3.05, 3.63) is 23.5 Å². The van der Waals surface area contributed by atoms with Crippen molar-refractivity contribution in [2.45, 2.75) is 4.90 Å². The van der Waals surface area contributed by atoms with Crippen LogP contribution >= 0.6 is 11.6 Å². The summed E-state index contributed by atoms with van der Waals surface area (Å²) in [6, 6.07) is 2.75. The largest absolute Gasteiger partial charge is 0.468 e. The van der Waals surface area contributed by atoms with Crippen LogP contribution in [-0.4, -0.2) is 68.4 Å². The van der Waals surface area contributed by atoms with Gasteiger partial charge in [0, 0.05) is 32.4 Å². The van der Waals surface area contributed by atoms with Crippen LogP contribution in [0.1, 0.15) is 0 Å². The van der Waals surface area contributed by atoms with Crippen molar-refractivity contribution in [3.8, 4) is 0 Å². The highest BCUT2D eigenvalue weighted by atomic mass is 35.5. The van der Waals surface area contributed by atoms with Crippen molar-refractivity contribution in [1.29, 1.82) is 0 Å². The number of pyridine rings is 1. The number of carbonyl (C=O) groups is 1. The van der Waals surface area contributed by atoms with E-state index in [9.17, 15) is 13.2 Å². The zero-order chi connectivity index (χ0) is 15.5. The van der Waals surface area contributed by atoms with Crippen molar-refractivity contribution in [1.82, 2.24) is 14.2 Å². The Morgan fingerprint density at radius 2 is 2.05 bits per heavy atom. The number of rotatable bonds is 4. The summed E-state index contributed by atoms with van der Waals surface area (Å²) >= 11 is 5.73. The molecule has 2 rings (SSSR count). The van der Waals surface area contributed by atoms with Crippen molar-refractivity contribution >= 4 is 27.6 Å². The molecule has 0 spiro atoms. The maximum Gasteiger partial charge on any atom is 0.319 e. The molecule has 9 heteroatoms. The monoisotopic (exact) mass is 333 g/mol. The minimum atomic E-state index is -3.58. The van der Waals surface area contributed by atoms with E-state index in [0.717, 1.165) is 0 Å². The number of hydrogen-bond donors (Lipinski definition) is 0. The highest BCUT2D eigenvalue weighted by Gasteiger charge is 2.29. The molecule has 1 aliphatic heterocycles. The molecule has 1 fully saturated rings. The number of piperazine rings is 1. The second kappa shape index (κ2) is 6.69. The topological polar surface area (TPSA) is 79.8 Å². The Labute approximate surface area is 128 Å². The fraction of sp³-hybridized carbons (Fsp3) is 0.500. The normalized spacial score (nSPS) is 17.6. The summed E-state index contributed by atoms with van der Waals surface area (Å²) in [5, 5.41) is 0.139. The van der Waals surface area contributed by atoms with E-state index in [1.807, 2.05) is 4.90 Å². The van der Waals surface area contributed by atoms with E-state index < -0.39 is 10.0 Å². The van der Waals surface area contributed by atoms with Gasteiger partial charge in [-0.1, -0.05) is 11.6 Å². The van der Waals surface area contributed by atoms with Crippen molar-refractivity contribution in [2.24, 2.45) is 0 Å². The molecule has 1 aromatic rings. The van der Waals surface area contributed by atoms with E-state index in [4.69, 9.17) is 11.6 Å². The fourth-order valence-electron chi connectivity index (χ4n) is 2.07. The third kappa shape index (κ3) is 3.91. The van der Waals surface area contributed by atoms with Gasteiger partial charge in [-0.2, -0.15) is 4.31 Å². The second-order valence-corrected chi connectivity index (χ2v) is 6.90. The molecule has 0 aromatic carbocycles. The smallest absolute Gasteiger partial charge is 0.319 e. The molecule has 0 amide bonds. The first-order valence-electron chi connectivity index (χ1n) is 6.34. The summed E-state index contributed by atoms with van der Waals surface area (Å²) in [5.41, 5.74) is 0. The van der Waals surface area contributed by atoms with E-state index in [-0.39, 0.29) is 22.6 Å². The van der Waals surface area contributed by atoms with E-state index in [1.165, 1.54) is 29.7 Å². The van der Waals surface area contributed by atoms with Crippen LogP contribution in [0.15, 0.2) is 23.2 Å². The first kappa shape index (κ1) is 16.2. The van der Waals surface area contributed by atoms with E-state index in [1.54, 1.807) is 0 Å². The molecule has 0 unspecified atom stereocenters. The van der Waals surface area contributed by atoms with Gasteiger partial charge in [0.05, 0.1) is 18.6 Å². The van der Waals surface area contributed by atoms with Crippen LogP contribution in [0.2, 0.25) is 5.15 Å². The summed E-state index contributed by atoms with van der Waals surface area (Å²) in [4.78, 5) is 17.0. The number of hydrogen-bond acceptors (Lipinski definition) is 6. The number of aromatic nitrogens is 1. The Bertz CT molecular complexity index is 615. The standard InChI is InChI=1S/C12H16ClN3O4S/c1-20-12(17)9-15-4-6-16(7-5-15)21(18,19)10-2-3-14-11(13)8-10/h2-3,8H,4-7,9H2,1H3. The molecular weight excluding hydrogens is 318 g/mol. The molecule has 0 N–H and O–H groups in total. The van der Waals surface area contributed by atoms with Crippen molar-refractivity contribution in [3.63, 3.8) is 0 Å². The van der Waals surface area contributed by atoms with Crippen LogP contribution in [-0.2, 0) is 19.6 Å². The highest BCUT2D eigenvalue weighted by Crippen LogP contribution is 2.19. The molecule has 21 heavy (non-hydrogen) atoms. The van der Waals surface area contributed by atoms with E-state index in [2.05, 4.69) is 9.72 Å². The maximum absolute atomic E-state index is 12.5. The average molecular weight is 334 g/mol. The van der Waals surface area contributed by atoms with Crippen molar-refractivity contribution in [2.75, 3.05) is 39.8 Å². The molecule has 0 bridgehead atoms. The number of nitrogens with zero attached hydrogens (tertiary/aromatic N) is 3. The van der Waals surface area contributed by atoms with Crippen molar-refractivity contribution < 1.29 is 17.9 Å². The number of halogens is 1. The van der Waals surface area contributed by atoms with Gasteiger partial charge in [0.2, 0.25) is 10.0 Å². The zero-order valence-corrected chi connectivity index (χ0v) is 13.1. The Hall–Kier alpha value is -1.22. The Morgan fingerprint density at radius 1 is 1.38 bits per heavy atom. The lowest BCUT2D eigenvalue weighted by Crippen LogP contribution is -2.49. The first-order chi connectivity index (χ1) is 9.93. The molecule has 1 aliphatic rings. The molecule has 0 atom stereocenters.